The number of hydrogen-bond acceptors (Lipinski definition) is 3. The molecule has 0 radical (unpaired) electrons. The maximum absolute atomic E-state index is 9.49. The lowest BCUT2D eigenvalue weighted by Crippen LogP contribution is -2.08. The van der Waals surface area contributed by atoms with Gasteiger partial charge in [-0.3, -0.25) is 0 Å². The molecule has 0 aliphatic rings. The van der Waals surface area contributed by atoms with Crippen molar-refractivity contribution in [2.24, 2.45) is 0 Å². The molecule has 0 fully saturated rings. The Kier molecular flexibility index (Phi) is 4.76. The molecule has 0 atom stereocenters. The Balaban J connectivity index is 3.44. The number of rotatable bonds is 5. The molecule has 18 heavy (non-hydrogen) atoms. The highest BCUT2D eigenvalue weighted by Crippen LogP contribution is 2.30. The number of ether oxygens (including phenoxy) is 1. The molecule has 0 aromatic carbocycles. The van der Waals surface area contributed by atoms with E-state index in [-0.39, 0.29) is 11.7 Å². The van der Waals surface area contributed by atoms with Gasteiger partial charge in [-0.15, -0.1) is 0 Å². The third-order valence-corrected chi connectivity index (χ3v) is 2.93. The van der Waals surface area contributed by atoms with Crippen molar-refractivity contribution in [2.45, 2.75) is 46.0 Å². The lowest BCUT2D eigenvalue weighted by molar-refractivity contribution is 0.389. The van der Waals surface area contributed by atoms with E-state index in [0.29, 0.717) is 18.2 Å². The van der Waals surface area contributed by atoms with Gasteiger partial charge in [-0.25, -0.2) is 4.98 Å². The minimum Gasteiger partial charge on any atom is -0.513 e. The van der Waals surface area contributed by atoms with Crippen molar-refractivity contribution in [1.29, 1.82) is 0 Å². The molecule has 1 rings (SSSR count). The van der Waals surface area contributed by atoms with E-state index >= 15 is 0 Å². The number of aliphatic hydroxyl groups is 1. The summed E-state index contributed by atoms with van der Waals surface area (Å²) in [6.45, 7) is 12.0. The molecule has 1 aromatic rings. The standard InChI is InChI=1S/C15H23NO2/c1-9(2)12-8-14(18-6)16-15(10(3)4)13(12)7-11(5)17/h8-10,17H,5,7H2,1-4,6H3. The first kappa shape index (κ1) is 14.6. The van der Waals surface area contributed by atoms with Gasteiger partial charge in [-0.2, -0.15) is 0 Å². The van der Waals surface area contributed by atoms with Crippen LogP contribution < -0.4 is 4.74 Å². The molecule has 0 amide bonds. The molecular formula is C15H23NO2. The lowest BCUT2D eigenvalue weighted by atomic mass is 9.90. The van der Waals surface area contributed by atoms with E-state index in [0.717, 1.165) is 11.3 Å². The second-order valence-electron chi connectivity index (χ2n) is 5.17. The summed E-state index contributed by atoms with van der Waals surface area (Å²) in [5.74, 6) is 1.45. The highest BCUT2D eigenvalue weighted by atomic mass is 16.5. The second kappa shape index (κ2) is 5.89. The normalized spacial score (nSPS) is 11.1. The smallest absolute Gasteiger partial charge is 0.213 e. The van der Waals surface area contributed by atoms with E-state index in [9.17, 15) is 5.11 Å². The van der Waals surface area contributed by atoms with Gasteiger partial charge in [0.1, 0.15) is 0 Å². The van der Waals surface area contributed by atoms with Crippen LogP contribution in [0.2, 0.25) is 0 Å². The molecule has 0 aliphatic heterocycles. The number of pyridine rings is 1. The highest BCUT2D eigenvalue weighted by molar-refractivity contribution is 5.40. The zero-order valence-corrected chi connectivity index (χ0v) is 11.9. The van der Waals surface area contributed by atoms with Crippen LogP contribution in [0.25, 0.3) is 0 Å². The molecule has 0 saturated carbocycles. The molecule has 1 N–H and O–H groups in total. The van der Waals surface area contributed by atoms with Gasteiger partial charge >= 0.3 is 0 Å². The Labute approximate surface area is 110 Å². The van der Waals surface area contributed by atoms with Gasteiger partial charge < -0.3 is 9.84 Å². The van der Waals surface area contributed by atoms with Gasteiger partial charge in [0, 0.05) is 12.5 Å². The van der Waals surface area contributed by atoms with Crippen LogP contribution in [0.1, 0.15) is 56.4 Å². The number of aliphatic hydroxyl groups excluding tert-OH is 1. The number of aromatic nitrogens is 1. The Hall–Kier alpha value is -1.51. The summed E-state index contributed by atoms with van der Waals surface area (Å²) in [6.07, 6.45) is 0.456. The van der Waals surface area contributed by atoms with E-state index in [1.165, 1.54) is 5.56 Å². The predicted molar refractivity (Wildman–Crippen MR) is 74.4 cm³/mol. The van der Waals surface area contributed by atoms with Crippen LogP contribution in [0, 0.1) is 0 Å². The number of hydrogen-bond donors (Lipinski definition) is 1. The molecule has 0 unspecified atom stereocenters. The molecule has 1 aromatic heterocycles. The molecule has 0 saturated heterocycles. The van der Waals surface area contributed by atoms with E-state index in [2.05, 4.69) is 39.3 Å². The van der Waals surface area contributed by atoms with E-state index in [4.69, 9.17) is 4.74 Å². The molecule has 3 nitrogen and oxygen atoms in total. The van der Waals surface area contributed by atoms with Crippen LogP contribution in [0.3, 0.4) is 0 Å². The summed E-state index contributed by atoms with van der Waals surface area (Å²) in [6, 6.07) is 1.95. The Morgan fingerprint density at radius 3 is 2.33 bits per heavy atom. The molecular weight excluding hydrogens is 226 g/mol. The number of allylic oxidation sites excluding steroid dienone is 1. The van der Waals surface area contributed by atoms with E-state index < -0.39 is 0 Å². The van der Waals surface area contributed by atoms with Crippen molar-refractivity contribution in [2.75, 3.05) is 7.11 Å². The van der Waals surface area contributed by atoms with Gasteiger partial charge in [0.15, 0.2) is 0 Å². The fourth-order valence-electron chi connectivity index (χ4n) is 2.08. The second-order valence-corrected chi connectivity index (χ2v) is 5.17. The fraction of sp³-hybridized carbons (Fsp3) is 0.533. The third-order valence-electron chi connectivity index (χ3n) is 2.93. The maximum Gasteiger partial charge on any atom is 0.213 e. The molecule has 3 heteroatoms. The summed E-state index contributed by atoms with van der Waals surface area (Å²) in [5, 5.41) is 9.49. The Morgan fingerprint density at radius 2 is 1.94 bits per heavy atom. The Morgan fingerprint density at radius 1 is 1.33 bits per heavy atom. The topological polar surface area (TPSA) is 42.4 Å². The molecule has 100 valence electrons. The van der Waals surface area contributed by atoms with Crippen LogP contribution >= 0.6 is 0 Å². The minimum atomic E-state index is 0.172. The SMILES string of the molecule is C=C(O)Cc1c(C(C)C)cc(OC)nc1C(C)C. The average molecular weight is 249 g/mol. The lowest BCUT2D eigenvalue weighted by Gasteiger charge is -2.19. The van der Waals surface area contributed by atoms with Crippen molar-refractivity contribution >= 4 is 0 Å². The zero-order chi connectivity index (χ0) is 13.9. The molecule has 0 bridgehead atoms. The minimum absolute atomic E-state index is 0.172. The van der Waals surface area contributed by atoms with Crippen LogP contribution in [-0.2, 0) is 6.42 Å². The van der Waals surface area contributed by atoms with Crippen molar-refractivity contribution in [3.63, 3.8) is 0 Å². The van der Waals surface area contributed by atoms with Crippen LogP contribution in [0.4, 0.5) is 0 Å². The largest absolute Gasteiger partial charge is 0.513 e. The van der Waals surface area contributed by atoms with Gasteiger partial charge in [0.25, 0.3) is 0 Å². The summed E-state index contributed by atoms with van der Waals surface area (Å²) >= 11 is 0. The predicted octanol–water partition coefficient (Wildman–Crippen LogP) is 3.95. The number of methoxy groups -OCH3 is 1. The quantitative estimate of drug-likeness (QED) is 0.803. The highest BCUT2D eigenvalue weighted by Gasteiger charge is 2.18. The van der Waals surface area contributed by atoms with Gasteiger partial charge in [0.2, 0.25) is 5.88 Å². The monoisotopic (exact) mass is 249 g/mol. The average Bonchev–Trinajstić information content (AvgIpc) is 2.27. The summed E-state index contributed by atoms with van der Waals surface area (Å²) < 4.78 is 5.26. The van der Waals surface area contributed by atoms with Crippen molar-refractivity contribution in [1.82, 2.24) is 4.98 Å². The van der Waals surface area contributed by atoms with Gasteiger partial charge in [-0.1, -0.05) is 34.3 Å². The van der Waals surface area contributed by atoms with Crippen molar-refractivity contribution in [3.05, 3.63) is 35.2 Å². The summed E-state index contributed by atoms with van der Waals surface area (Å²) in [4.78, 5) is 4.51. The first-order valence-corrected chi connectivity index (χ1v) is 6.31. The fourth-order valence-corrected chi connectivity index (χ4v) is 2.08. The third kappa shape index (κ3) is 3.25. The zero-order valence-electron chi connectivity index (χ0n) is 11.9. The number of nitrogens with zero attached hydrogens (tertiary/aromatic N) is 1. The van der Waals surface area contributed by atoms with Crippen LogP contribution in [0.5, 0.6) is 5.88 Å². The van der Waals surface area contributed by atoms with Gasteiger partial charge in [-0.05, 0) is 23.0 Å². The summed E-state index contributed by atoms with van der Waals surface area (Å²) in [7, 11) is 1.63. The van der Waals surface area contributed by atoms with Gasteiger partial charge in [0.05, 0.1) is 18.6 Å². The first-order chi connectivity index (χ1) is 8.36. The van der Waals surface area contributed by atoms with Crippen molar-refractivity contribution < 1.29 is 9.84 Å². The molecule has 0 spiro atoms. The van der Waals surface area contributed by atoms with E-state index in [1.807, 2.05) is 6.07 Å². The Bertz CT molecular complexity index is 407. The van der Waals surface area contributed by atoms with Crippen molar-refractivity contribution in [3.8, 4) is 5.88 Å². The maximum atomic E-state index is 9.49. The molecule has 0 aliphatic carbocycles. The molecule has 1 heterocycles. The first-order valence-electron chi connectivity index (χ1n) is 6.31. The summed E-state index contributed by atoms with van der Waals surface area (Å²) in [5.41, 5.74) is 3.22. The van der Waals surface area contributed by atoms with Crippen LogP contribution in [0.15, 0.2) is 18.4 Å². The van der Waals surface area contributed by atoms with E-state index in [1.54, 1.807) is 7.11 Å². The van der Waals surface area contributed by atoms with Crippen LogP contribution in [-0.4, -0.2) is 17.2 Å².